The van der Waals surface area contributed by atoms with Crippen molar-refractivity contribution in [3.8, 4) is 0 Å². The van der Waals surface area contributed by atoms with E-state index in [4.69, 9.17) is 4.74 Å². The van der Waals surface area contributed by atoms with Gasteiger partial charge in [0.25, 0.3) is 0 Å². The maximum atomic E-state index is 11.6. The third-order valence-electron chi connectivity index (χ3n) is 2.52. The lowest BCUT2D eigenvalue weighted by atomic mass is 10.0. The lowest BCUT2D eigenvalue weighted by Crippen LogP contribution is -2.50. The Kier molecular flexibility index (Phi) is 3.97. The summed E-state index contributed by atoms with van der Waals surface area (Å²) in [7, 11) is 0. The number of amides is 2. The van der Waals surface area contributed by atoms with Gasteiger partial charge in [0, 0.05) is 24.1 Å². The predicted octanol–water partition coefficient (Wildman–Crippen LogP) is 1.51. The highest BCUT2D eigenvalue weighted by atomic mass is 16.5. The van der Waals surface area contributed by atoms with Gasteiger partial charge >= 0.3 is 6.03 Å². The molecule has 1 fully saturated rings. The minimum Gasteiger partial charge on any atom is -0.381 e. The number of ether oxygens (including phenoxy) is 1. The fourth-order valence-corrected chi connectivity index (χ4v) is 1.65. The molecule has 2 atom stereocenters. The molecule has 0 bridgehead atoms. The molecule has 0 radical (unpaired) electrons. The molecule has 1 heterocycles. The van der Waals surface area contributed by atoms with Gasteiger partial charge in [-0.05, 0) is 34.1 Å². The van der Waals surface area contributed by atoms with Gasteiger partial charge in [0.05, 0.1) is 6.61 Å². The van der Waals surface area contributed by atoms with Gasteiger partial charge in [0.15, 0.2) is 0 Å². The number of urea groups is 1. The molecule has 0 aliphatic carbocycles. The third-order valence-corrected chi connectivity index (χ3v) is 2.52. The number of carbonyl (C=O) groups is 1. The highest BCUT2D eigenvalue weighted by Crippen LogP contribution is 2.16. The smallest absolute Gasteiger partial charge is 0.315 e. The Hall–Kier alpha value is -0.770. The molecule has 2 N–H and O–H groups in total. The molecule has 15 heavy (non-hydrogen) atoms. The zero-order chi connectivity index (χ0) is 11.5. The van der Waals surface area contributed by atoms with E-state index >= 15 is 0 Å². The van der Waals surface area contributed by atoms with Crippen molar-refractivity contribution in [1.82, 2.24) is 10.6 Å². The van der Waals surface area contributed by atoms with Gasteiger partial charge in [-0.25, -0.2) is 4.79 Å². The molecule has 0 aromatic rings. The minimum absolute atomic E-state index is 0.0955. The van der Waals surface area contributed by atoms with E-state index in [2.05, 4.69) is 10.6 Å². The normalized spacial score (nSPS) is 23.6. The number of nitrogens with one attached hydrogen (secondary N) is 2. The van der Waals surface area contributed by atoms with E-state index < -0.39 is 0 Å². The molecule has 88 valence electrons. The summed E-state index contributed by atoms with van der Waals surface area (Å²) in [5.74, 6) is 0.454. The number of hydrogen-bond donors (Lipinski definition) is 2. The molecule has 0 spiro atoms. The van der Waals surface area contributed by atoms with Crippen LogP contribution in [-0.4, -0.2) is 30.8 Å². The molecule has 4 heteroatoms. The van der Waals surface area contributed by atoms with Crippen molar-refractivity contribution in [2.24, 2.45) is 5.92 Å². The van der Waals surface area contributed by atoms with Crippen LogP contribution < -0.4 is 10.6 Å². The largest absolute Gasteiger partial charge is 0.381 e. The lowest BCUT2D eigenvalue weighted by molar-refractivity contribution is 0.177. The van der Waals surface area contributed by atoms with Crippen molar-refractivity contribution in [3.05, 3.63) is 0 Å². The molecule has 2 amide bonds. The van der Waals surface area contributed by atoms with E-state index in [1.54, 1.807) is 0 Å². The zero-order valence-corrected chi connectivity index (χ0v) is 10.1. The standard InChI is InChI=1S/C11H22N2O2/c1-8(9-5-6-15-7-9)12-10(14)13-11(2,3)4/h8-9H,5-7H2,1-4H3,(H2,12,13,14). The predicted molar refractivity (Wildman–Crippen MR) is 59.8 cm³/mol. The summed E-state index contributed by atoms with van der Waals surface area (Å²) in [5.41, 5.74) is -0.185. The van der Waals surface area contributed by atoms with Crippen LogP contribution in [0.4, 0.5) is 4.79 Å². The van der Waals surface area contributed by atoms with Crippen LogP contribution >= 0.6 is 0 Å². The third kappa shape index (κ3) is 4.51. The summed E-state index contributed by atoms with van der Waals surface area (Å²) in [5, 5.41) is 5.83. The van der Waals surface area contributed by atoms with Crippen molar-refractivity contribution in [3.63, 3.8) is 0 Å². The fraction of sp³-hybridized carbons (Fsp3) is 0.909. The molecule has 0 aromatic heterocycles. The second kappa shape index (κ2) is 4.84. The lowest BCUT2D eigenvalue weighted by Gasteiger charge is -2.24. The molecule has 0 saturated carbocycles. The Labute approximate surface area is 91.8 Å². The number of rotatable bonds is 2. The summed E-state index contributed by atoms with van der Waals surface area (Å²) >= 11 is 0. The van der Waals surface area contributed by atoms with Gasteiger partial charge in [-0.15, -0.1) is 0 Å². The van der Waals surface area contributed by atoms with Crippen molar-refractivity contribution in [1.29, 1.82) is 0 Å². The first-order valence-corrected chi connectivity index (χ1v) is 5.55. The second-order valence-electron chi connectivity index (χ2n) is 5.26. The van der Waals surface area contributed by atoms with Gasteiger partial charge < -0.3 is 15.4 Å². The monoisotopic (exact) mass is 214 g/mol. The van der Waals surface area contributed by atoms with E-state index in [0.717, 1.165) is 19.6 Å². The van der Waals surface area contributed by atoms with E-state index in [1.807, 2.05) is 27.7 Å². The summed E-state index contributed by atoms with van der Waals surface area (Å²) < 4.78 is 5.29. The average molecular weight is 214 g/mol. The average Bonchev–Trinajstić information content (AvgIpc) is 2.50. The molecule has 0 aromatic carbocycles. The number of hydrogen-bond acceptors (Lipinski definition) is 2. The Balaban J connectivity index is 2.30. The molecular weight excluding hydrogens is 192 g/mol. The highest BCUT2D eigenvalue weighted by molar-refractivity contribution is 5.74. The molecule has 1 rings (SSSR count). The molecule has 1 aliphatic heterocycles. The van der Waals surface area contributed by atoms with Crippen LogP contribution in [0, 0.1) is 5.92 Å². The van der Waals surface area contributed by atoms with E-state index in [9.17, 15) is 4.79 Å². The topological polar surface area (TPSA) is 50.4 Å². The van der Waals surface area contributed by atoms with Crippen LogP contribution in [0.1, 0.15) is 34.1 Å². The number of carbonyl (C=O) groups excluding carboxylic acids is 1. The van der Waals surface area contributed by atoms with Gasteiger partial charge in [0.1, 0.15) is 0 Å². The van der Waals surface area contributed by atoms with Gasteiger partial charge in [-0.2, -0.15) is 0 Å². The summed E-state index contributed by atoms with van der Waals surface area (Å²) in [6.07, 6.45) is 1.04. The molecule has 1 saturated heterocycles. The quantitative estimate of drug-likeness (QED) is 0.732. The van der Waals surface area contributed by atoms with Crippen molar-refractivity contribution in [2.45, 2.75) is 45.7 Å². The van der Waals surface area contributed by atoms with Crippen LogP contribution in [-0.2, 0) is 4.74 Å². The summed E-state index contributed by atoms with van der Waals surface area (Å²) in [6.45, 7) is 9.51. The SMILES string of the molecule is CC(NC(=O)NC(C)(C)C)C1CCOC1. The van der Waals surface area contributed by atoms with Gasteiger partial charge in [-0.3, -0.25) is 0 Å². The zero-order valence-electron chi connectivity index (χ0n) is 10.1. The first kappa shape index (κ1) is 12.3. The second-order valence-corrected chi connectivity index (χ2v) is 5.26. The highest BCUT2D eigenvalue weighted by Gasteiger charge is 2.24. The van der Waals surface area contributed by atoms with E-state index in [1.165, 1.54) is 0 Å². The van der Waals surface area contributed by atoms with Crippen LogP contribution in [0.25, 0.3) is 0 Å². The first-order valence-electron chi connectivity index (χ1n) is 5.55. The maximum Gasteiger partial charge on any atom is 0.315 e. The van der Waals surface area contributed by atoms with Gasteiger partial charge in [0.2, 0.25) is 0 Å². The molecular formula is C11H22N2O2. The van der Waals surface area contributed by atoms with E-state index in [-0.39, 0.29) is 17.6 Å². The Morgan fingerprint density at radius 3 is 2.60 bits per heavy atom. The Bertz CT molecular complexity index is 217. The van der Waals surface area contributed by atoms with Crippen molar-refractivity contribution < 1.29 is 9.53 Å². The Morgan fingerprint density at radius 2 is 2.13 bits per heavy atom. The maximum absolute atomic E-state index is 11.6. The fourth-order valence-electron chi connectivity index (χ4n) is 1.65. The van der Waals surface area contributed by atoms with Crippen molar-refractivity contribution in [2.75, 3.05) is 13.2 Å². The first-order chi connectivity index (χ1) is 6.88. The van der Waals surface area contributed by atoms with Crippen LogP contribution in [0.3, 0.4) is 0 Å². The molecule has 2 unspecified atom stereocenters. The van der Waals surface area contributed by atoms with Crippen LogP contribution in [0.2, 0.25) is 0 Å². The minimum atomic E-state index is -0.185. The van der Waals surface area contributed by atoms with Crippen LogP contribution in [0.15, 0.2) is 0 Å². The summed E-state index contributed by atoms with van der Waals surface area (Å²) in [6, 6.07) is 0.0803. The van der Waals surface area contributed by atoms with Gasteiger partial charge in [-0.1, -0.05) is 0 Å². The summed E-state index contributed by atoms with van der Waals surface area (Å²) in [4.78, 5) is 11.6. The van der Waals surface area contributed by atoms with Crippen LogP contribution in [0.5, 0.6) is 0 Å². The molecule has 4 nitrogen and oxygen atoms in total. The Morgan fingerprint density at radius 1 is 1.47 bits per heavy atom. The van der Waals surface area contributed by atoms with Crippen molar-refractivity contribution >= 4 is 6.03 Å². The van der Waals surface area contributed by atoms with E-state index in [0.29, 0.717) is 5.92 Å². The molecule has 1 aliphatic rings.